The summed E-state index contributed by atoms with van der Waals surface area (Å²) in [6, 6.07) is 9.86. The number of hydrogen-bond acceptors (Lipinski definition) is 2. The molecule has 4 heteroatoms. The van der Waals surface area contributed by atoms with Gasteiger partial charge in [0, 0.05) is 29.9 Å². The largest absolute Gasteiger partial charge is 0.368 e. The Balaban J connectivity index is 1.67. The number of fused-ring (bicyclic) bond motifs is 1. The number of amides is 1. The van der Waals surface area contributed by atoms with Crippen LogP contribution in [0, 0.1) is 18.3 Å². The lowest BCUT2D eigenvalue weighted by atomic mass is 9.98. The van der Waals surface area contributed by atoms with Gasteiger partial charge < -0.3 is 14.6 Å². The van der Waals surface area contributed by atoms with E-state index in [0.29, 0.717) is 24.8 Å². The number of likely N-dealkylation sites (tertiary alicyclic amines) is 1. The van der Waals surface area contributed by atoms with Gasteiger partial charge in [0.05, 0.1) is 6.61 Å². The molecule has 1 saturated heterocycles. The van der Waals surface area contributed by atoms with Crippen molar-refractivity contribution in [3.05, 3.63) is 36.0 Å². The van der Waals surface area contributed by atoms with Crippen molar-refractivity contribution in [2.45, 2.75) is 12.8 Å². The van der Waals surface area contributed by atoms with Crippen LogP contribution < -0.4 is 0 Å². The van der Waals surface area contributed by atoms with Gasteiger partial charge in [-0.25, -0.2) is 0 Å². The molecule has 1 atom stereocenters. The third-order valence-corrected chi connectivity index (χ3v) is 4.11. The van der Waals surface area contributed by atoms with Gasteiger partial charge in [-0.3, -0.25) is 4.79 Å². The van der Waals surface area contributed by atoms with E-state index in [1.807, 2.05) is 35.2 Å². The summed E-state index contributed by atoms with van der Waals surface area (Å²) in [6.45, 7) is 2.51. The van der Waals surface area contributed by atoms with Crippen molar-refractivity contribution in [3.63, 3.8) is 0 Å². The molecule has 0 radical (unpaired) electrons. The number of nitrogens with one attached hydrogen (secondary N) is 1. The van der Waals surface area contributed by atoms with Gasteiger partial charge in [0.15, 0.2) is 0 Å². The first-order valence-corrected chi connectivity index (χ1v) is 7.66. The van der Waals surface area contributed by atoms with E-state index in [0.717, 1.165) is 36.8 Å². The lowest BCUT2D eigenvalue weighted by Crippen LogP contribution is -2.41. The smallest absolute Gasteiger partial charge is 0.270 e. The van der Waals surface area contributed by atoms with Gasteiger partial charge >= 0.3 is 0 Å². The van der Waals surface area contributed by atoms with Crippen LogP contribution in [0.4, 0.5) is 0 Å². The molecule has 1 aliphatic rings. The van der Waals surface area contributed by atoms with Crippen LogP contribution in [0.2, 0.25) is 0 Å². The van der Waals surface area contributed by atoms with Crippen molar-refractivity contribution >= 4 is 16.8 Å². The monoisotopic (exact) mass is 296 g/mol. The molecule has 0 saturated carbocycles. The fourth-order valence-electron chi connectivity index (χ4n) is 3.03. The third kappa shape index (κ3) is 3.15. The van der Waals surface area contributed by atoms with Crippen molar-refractivity contribution < 1.29 is 9.53 Å². The summed E-state index contributed by atoms with van der Waals surface area (Å²) in [6.07, 6.45) is 7.28. The van der Waals surface area contributed by atoms with Crippen LogP contribution >= 0.6 is 0 Å². The molecule has 22 heavy (non-hydrogen) atoms. The Hall–Kier alpha value is -2.25. The van der Waals surface area contributed by atoms with Gasteiger partial charge in [-0.1, -0.05) is 24.1 Å². The number of para-hydroxylation sites is 1. The molecule has 0 bridgehead atoms. The molecular formula is C18H20N2O2. The highest BCUT2D eigenvalue weighted by Gasteiger charge is 2.25. The molecule has 0 spiro atoms. The van der Waals surface area contributed by atoms with E-state index in [1.54, 1.807) is 0 Å². The zero-order valence-electron chi connectivity index (χ0n) is 12.5. The van der Waals surface area contributed by atoms with Gasteiger partial charge in [0.25, 0.3) is 5.91 Å². The fraction of sp³-hybridized carbons (Fsp3) is 0.389. The average molecular weight is 296 g/mol. The minimum absolute atomic E-state index is 0.0675. The molecule has 1 unspecified atom stereocenters. The molecule has 4 nitrogen and oxygen atoms in total. The van der Waals surface area contributed by atoms with E-state index >= 15 is 0 Å². The van der Waals surface area contributed by atoms with E-state index in [2.05, 4.69) is 10.9 Å². The normalized spacial score (nSPS) is 18.3. The molecule has 0 aliphatic carbocycles. The Morgan fingerprint density at radius 2 is 2.32 bits per heavy atom. The number of nitrogens with zero attached hydrogens (tertiary/aromatic N) is 1. The summed E-state index contributed by atoms with van der Waals surface area (Å²) < 4.78 is 5.42. The Morgan fingerprint density at radius 3 is 3.14 bits per heavy atom. The van der Waals surface area contributed by atoms with E-state index in [4.69, 9.17) is 11.2 Å². The number of carbonyl (C=O) groups excluding carboxylic acids is 1. The summed E-state index contributed by atoms with van der Waals surface area (Å²) in [7, 11) is 0. The second kappa shape index (κ2) is 6.67. The number of rotatable bonds is 4. The maximum Gasteiger partial charge on any atom is 0.270 e. The average Bonchev–Trinajstić information content (AvgIpc) is 2.99. The number of benzene rings is 1. The number of aromatic nitrogens is 1. The minimum atomic E-state index is 0.0675. The maximum absolute atomic E-state index is 12.7. The number of aromatic amines is 1. The molecule has 3 rings (SSSR count). The van der Waals surface area contributed by atoms with E-state index in [1.165, 1.54) is 0 Å². The van der Waals surface area contributed by atoms with Crippen LogP contribution in [0.1, 0.15) is 23.3 Å². The predicted molar refractivity (Wildman–Crippen MR) is 86.6 cm³/mol. The molecule has 1 aromatic heterocycles. The van der Waals surface area contributed by atoms with Crippen LogP contribution in [0.5, 0.6) is 0 Å². The zero-order valence-corrected chi connectivity index (χ0v) is 12.5. The van der Waals surface area contributed by atoms with Crippen molar-refractivity contribution in [1.82, 2.24) is 9.88 Å². The van der Waals surface area contributed by atoms with Crippen LogP contribution in [0.25, 0.3) is 10.9 Å². The SMILES string of the molecule is C#CCOCC1CCCN(C(=O)c2cc3ccccc3[nH]2)C1. The second-order valence-corrected chi connectivity index (χ2v) is 5.75. The molecule has 1 aromatic carbocycles. The number of hydrogen-bond donors (Lipinski definition) is 1. The zero-order chi connectivity index (χ0) is 15.4. The number of H-pyrrole nitrogens is 1. The lowest BCUT2D eigenvalue weighted by molar-refractivity contribution is 0.0530. The third-order valence-electron chi connectivity index (χ3n) is 4.11. The molecule has 1 N–H and O–H groups in total. The number of terminal acetylenes is 1. The highest BCUT2D eigenvalue weighted by Crippen LogP contribution is 2.21. The molecule has 1 fully saturated rings. The molecule has 114 valence electrons. The molecule has 1 amide bonds. The molecule has 2 aromatic rings. The van der Waals surface area contributed by atoms with Gasteiger partial charge in [0.2, 0.25) is 0 Å². The Bertz CT molecular complexity index is 665. The standard InChI is InChI=1S/C18H20N2O2/c1-2-10-22-13-14-6-5-9-20(12-14)18(21)17-11-15-7-3-4-8-16(15)19-17/h1,3-4,7-8,11,14,19H,5-6,9-10,12-13H2. The number of piperidine rings is 1. The van der Waals surface area contributed by atoms with E-state index in [9.17, 15) is 4.79 Å². The highest BCUT2D eigenvalue weighted by atomic mass is 16.5. The van der Waals surface area contributed by atoms with Crippen LogP contribution in [-0.4, -0.2) is 42.1 Å². The molecule has 1 aliphatic heterocycles. The first kappa shape index (κ1) is 14.7. The van der Waals surface area contributed by atoms with Crippen molar-refractivity contribution in [2.24, 2.45) is 5.92 Å². The topological polar surface area (TPSA) is 45.3 Å². The Morgan fingerprint density at radius 1 is 1.45 bits per heavy atom. The first-order valence-electron chi connectivity index (χ1n) is 7.66. The molecule has 2 heterocycles. The predicted octanol–water partition coefficient (Wildman–Crippen LogP) is 2.67. The Labute approximate surface area is 130 Å². The molecular weight excluding hydrogens is 276 g/mol. The summed E-state index contributed by atoms with van der Waals surface area (Å²) in [5, 5.41) is 1.07. The van der Waals surface area contributed by atoms with Crippen LogP contribution in [0.3, 0.4) is 0 Å². The minimum Gasteiger partial charge on any atom is -0.368 e. The summed E-state index contributed by atoms with van der Waals surface area (Å²) in [5.41, 5.74) is 1.66. The van der Waals surface area contributed by atoms with Crippen LogP contribution in [0.15, 0.2) is 30.3 Å². The van der Waals surface area contributed by atoms with Gasteiger partial charge in [-0.15, -0.1) is 6.42 Å². The summed E-state index contributed by atoms with van der Waals surface area (Å²) in [4.78, 5) is 17.8. The summed E-state index contributed by atoms with van der Waals surface area (Å²) in [5.74, 6) is 2.91. The van der Waals surface area contributed by atoms with E-state index in [-0.39, 0.29) is 5.91 Å². The van der Waals surface area contributed by atoms with E-state index < -0.39 is 0 Å². The van der Waals surface area contributed by atoms with Crippen molar-refractivity contribution in [3.8, 4) is 12.3 Å². The van der Waals surface area contributed by atoms with Gasteiger partial charge in [-0.2, -0.15) is 0 Å². The lowest BCUT2D eigenvalue weighted by Gasteiger charge is -2.32. The summed E-state index contributed by atoms with van der Waals surface area (Å²) >= 11 is 0. The fourth-order valence-corrected chi connectivity index (χ4v) is 3.03. The second-order valence-electron chi connectivity index (χ2n) is 5.75. The quantitative estimate of drug-likeness (QED) is 0.696. The number of ether oxygens (including phenoxy) is 1. The highest BCUT2D eigenvalue weighted by molar-refractivity contribution is 5.98. The Kier molecular flexibility index (Phi) is 4.45. The van der Waals surface area contributed by atoms with Gasteiger partial charge in [-0.05, 0) is 25.0 Å². The van der Waals surface area contributed by atoms with Crippen molar-refractivity contribution in [2.75, 3.05) is 26.3 Å². The van der Waals surface area contributed by atoms with Crippen LogP contribution in [-0.2, 0) is 4.74 Å². The first-order chi connectivity index (χ1) is 10.8. The maximum atomic E-state index is 12.7. The number of carbonyl (C=O) groups is 1. The van der Waals surface area contributed by atoms with Gasteiger partial charge in [0.1, 0.15) is 12.3 Å². The van der Waals surface area contributed by atoms with Crippen molar-refractivity contribution in [1.29, 1.82) is 0 Å².